The molecular weight excluding hydrogens is 244 g/mol. The maximum atomic E-state index is 12.7. The predicted octanol–water partition coefficient (Wildman–Crippen LogP) is 2.10. The van der Waals surface area contributed by atoms with E-state index in [9.17, 15) is 4.79 Å². The molecule has 0 bridgehead atoms. The molecule has 1 aromatic heterocycles. The van der Waals surface area contributed by atoms with Crippen LogP contribution in [0.2, 0.25) is 0 Å². The lowest BCUT2D eigenvalue weighted by atomic mass is 9.95. The summed E-state index contributed by atoms with van der Waals surface area (Å²) in [7, 11) is 1.55. The van der Waals surface area contributed by atoms with Crippen LogP contribution >= 0.6 is 0 Å². The van der Waals surface area contributed by atoms with Crippen molar-refractivity contribution >= 4 is 5.78 Å². The van der Waals surface area contributed by atoms with Gasteiger partial charge in [0.2, 0.25) is 0 Å². The fraction of sp³-hybridized carbons (Fsp3) is 0.286. The SMILES string of the molecule is COc1cccc2c1C(=O)[C@@H](n1ccnc1)[C@H](C)O2. The molecule has 1 aliphatic heterocycles. The third kappa shape index (κ3) is 1.78. The van der Waals surface area contributed by atoms with E-state index in [-0.39, 0.29) is 11.9 Å². The second-order valence-corrected chi connectivity index (χ2v) is 4.48. The van der Waals surface area contributed by atoms with E-state index in [1.165, 1.54) is 0 Å². The minimum Gasteiger partial charge on any atom is -0.496 e. The number of hydrogen-bond donors (Lipinski definition) is 0. The maximum absolute atomic E-state index is 12.7. The van der Waals surface area contributed by atoms with Gasteiger partial charge in [-0.15, -0.1) is 0 Å². The summed E-state index contributed by atoms with van der Waals surface area (Å²) in [5, 5.41) is 0. The zero-order valence-electron chi connectivity index (χ0n) is 10.7. The average molecular weight is 258 g/mol. The molecule has 2 heterocycles. The summed E-state index contributed by atoms with van der Waals surface area (Å²) in [5.74, 6) is 1.11. The smallest absolute Gasteiger partial charge is 0.196 e. The largest absolute Gasteiger partial charge is 0.496 e. The van der Waals surface area contributed by atoms with Crippen LogP contribution in [0.25, 0.3) is 0 Å². The van der Waals surface area contributed by atoms with E-state index in [2.05, 4.69) is 4.98 Å². The molecule has 19 heavy (non-hydrogen) atoms. The van der Waals surface area contributed by atoms with E-state index in [0.29, 0.717) is 17.1 Å². The number of imidazole rings is 1. The monoisotopic (exact) mass is 258 g/mol. The lowest BCUT2D eigenvalue weighted by molar-refractivity contribution is 0.0712. The van der Waals surface area contributed by atoms with Crippen LogP contribution in [0, 0.1) is 0 Å². The van der Waals surface area contributed by atoms with Crippen LogP contribution < -0.4 is 9.47 Å². The molecule has 98 valence electrons. The van der Waals surface area contributed by atoms with Gasteiger partial charge < -0.3 is 14.0 Å². The molecular formula is C14H14N2O3. The summed E-state index contributed by atoms with van der Waals surface area (Å²) >= 11 is 0. The van der Waals surface area contributed by atoms with Gasteiger partial charge >= 0.3 is 0 Å². The van der Waals surface area contributed by atoms with Crippen molar-refractivity contribution < 1.29 is 14.3 Å². The highest BCUT2D eigenvalue weighted by Crippen LogP contribution is 2.38. The van der Waals surface area contributed by atoms with Gasteiger partial charge in [-0.05, 0) is 19.1 Å². The molecule has 0 saturated carbocycles. The Morgan fingerprint density at radius 3 is 2.95 bits per heavy atom. The number of carbonyl (C=O) groups is 1. The van der Waals surface area contributed by atoms with Gasteiger partial charge in [0.25, 0.3) is 0 Å². The zero-order valence-corrected chi connectivity index (χ0v) is 10.7. The van der Waals surface area contributed by atoms with Gasteiger partial charge in [0.05, 0.1) is 13.4 Å². The summed E-state index contributed by atoms with van der Waals surface area (Å²) in [6.07, 6.45) is 4.80. The lowest BCUT2D eigenvalue weighted by Gasteiger charge is -2.31. The Kier molecular flexibility index (Phi) is 2.74. The number of methoxy groups -OCH3 is 1. The topological polar surface area (TPSA) is 53.4 Å². The van der Waals surface area contributed by atoms with Crippen molar-refractivity contribution in [3.05, 3.63) is 42.5 Å². The number of ether oxygens (including phenoxy) is 2. The van der Waals surface area contributed by atoms with Crippen LogP contribution in [0.5, 0.6) is 11.5 Å². The van der Waals surface area contributed by atoms with Crippen LogP contribution in [0.1, 0.15) is 23.3 Å². The van der Waals surface area contributed by atoms with Crippen LogP contribution in [-0.2, 0) is 0 Å². The molecule has 2 aromatic rings. The molecule has 5 heteroatoms. The molecule has 0 spiro atoms. The van der Waals surface area contributed by atoms with E-state index in [0.717, 1.165) is 0 Å². The number of benzene rings is 1. The summed E-state index contributed by atoms with van der Waals surface area (Å²) in [4.78, 5) is 16.7. The van der Waals surface area contributed by atoms with Crippen LogP contribution in [0.4, 0.5) is 0 Å². The normalized spacial score (nSPS) is 21.7. The summed E-state index contributed by atoms with van der Waals surface area (Å²) in [6, 6.07) is 4.96. The second kappa shape index (κ2) is 4.42. The minimum atomic E-state index is -0.411. The number of nitrogens with zero attached hydrogens (tertiary/aromatic N) is 2. The van der Waals surface area contributed by atoms with E-state index in [1.807, 2.05) is 13.0 Å². The molecule has 1 aromatic carbocycles. The molecule has 0 aliphatic carbocycles. The molecule has 0 N–H and O–H groups in total. The molecule has 2 atom stereocenters. The Morgan fingerprint density at radius 2 is 2.26 bits per heavy atom. The number of aromatic nitrogens is 2. The lowest BCUT2D eigenvalue weighted by Crippen LogP contribution is -2.37. The molecule has 3 rings (SSSR count). The Bertz CT molecular complexity index is 607. The standard InChI is InChI=1S/C14H14N2O3/c1-9-13(16-7-6-15-8-16)14(17)12-10(18-2)4-3-5-11(12)19-9/h3-9,13H,1-2H3/t9-,13-/m0/s1. The van der Waals surface area contributed by atoms with Crippen LogP contribution in [0.3, 0.4) is 0 Å². The van der Waals surface area contributed by atoms with Crippen molar-refractivity contribution in [3.63, 3.8) is 0 Å². The quantitative estimate of drug-likeness (QED) is 0.827. The van der Waals surface area contributed by atoms with Gasteiger partial charge in [0.1, 0.15) is 29.2 Å². The van der Waals surface area contributed by atoms with E-state index in [4.69, 9.17) is 9.47 Å². The third-order valence-electron chi connectivity index (χ3n) is 3.33. The first kappa shape index (κ1) is 11.8. The second-order valence-electron chi connectivity index (χ2n) is 4.48. The predicted molar refractivity (Wildman–Crippen MR) is 68.7 cm³/mol. The van der Waals surface area contributed by atoms with Crippen LogP contribution in [0.15, 0.2) is 36.9 Å². The fourth-order valence-corrected chi connectivity index (χ4v) is 2.46. The van der Waals surface area contributed by atoms with Crippen LogP contribution in [-0.4, -0.2) is 28.5 Å². The van der Waals surface area contributed by atoms with Crippen molar-refractivity contribution in [2.75, 3.05) is 7.11 Å². The Labute approximate surface area is 110 Å². The Hall–Kier alpha value is -2.30. The third-order valence-corrected chi connectivity index (χ3v) is 3.33. The number of Topliss-reactive ketones (excluding diaryl/α,β-unsaturated/α-hetero) is 1. The Balaban J connectivity index is 2.11. The summed E-state index contributed by atoms with van der Waals surface area (Å²) in [6.45, 7) is 1.88. The van der Waals surface area contributed by atoms with Gasteiger partial charge in [-0.2, -0.15) is 0 Å². The highest BCUT2D eigenvalue weighted by atomic mass is 16.5. The molecule has 0 radical (unpaired) electrons. The van der Waals surface area contributed by atoms with Gasteiger partial charge in [-0.1, -0.05) is 6.07 Å². The number of ketones is 1. The first-order valence-electron chi connectivity index (χ1n) is 6.07. The number of hydrogen-bond acceptors (Lipinski definition) is 4. The van der Waals surface area contributed by atoms with Crippen molar-refractivity contribution in [3.8, 4) is 11.5 Å². The summed E-state index contributed by atoms with van der Waals surface area (Å²) < 4.78 is 12.9. The molecule has 0 unspecified atom stereocenters. The van der Waals surface area contributed by atoms with Gasteiger partial charge in [0, 0.05) is 12.4 Å². The van der Waals surface area contributed by atoms with Crippen molar-refractivity contribution in [2.24, 2.45) is 0 Å². The van der Waals surface area contributed by atoms with Gasteiger partial charge in [-0.25, -0.2) is 4.98 Å². The molecule has 0 fully saturated rings. The van der Waals surface area contributed by atoms with E-state index < -0.39 is 6.04 Å². The first-order valence-corrected chi connectivity index (χ1v) is 6.07. The molecule has 5 nitrogen and oxygen atoms in total. The maximum Gasteiger partial charge on any atom is 0.196 e. The summed E-state index contributed by atoms with van der Waals surface area (Å²) in [5.41, 5.74) is 0.502. The van der Waals surface area contributed by atoms with Crippen molar-refractivity contribution in [1.82, 2.24) is 9.55 Å². The van der Waals surface area contributed by atoms with E-state index >= 15 is 0 Å². The minimum absolute atomic E-state index is 0.01000. The first-order chi connectivity index (χ1) is 9.22. The molecule has 0 saturated heterocycles. The Morgan fingerprint density at radius 1 is 1.42 bits per heavy atom. The van der Waals surface area contributed by atoms with Crippen molar-refractivity contribution in [2.45, 2.75) is 19.1 Å². The average Bonchev–Trinajstić information content (AvgIpc) is 2.91. The zero-order chi connectivity index (χ0) is 13.4. The fourth-order valence-electron chi connectivity index (χ4n) is 2.46. The number of carbonyl (C=O) groups excluding carboxylic acids is 1. The van der Waals surface area contributed by atoms with Crippen molar-refractivity contribution in [1.29, 1.82) is 0 Å². The van der Waals surface area contributed by atoms with Gasteiger partial charge in [0.15, 0.2) is 5.78 Å². The number of fused-ring (bicyclic) bond motifs is 1. The highest BCUT2D eigenvalue weighted by Gasteiger charge is 2.37. The molecule has 0 amide bonds. The van der Waals surface area contributed by atoms with Gasteiger partial charge in [-0.3, -0.25) is 4.79 Å². The van der Waals surface area contributed by atoms with E-state index in [1.54, 1.807) is 42.5 Å². The highest BCUT2D eigenvalue weighted by molar-refractivity contribution is 6.05. The molecule has 1 aliphatic rings. The number of rotatable bonds is 2.